The first kappa shape index (κ1) is 15.1. The molecule has 1 aromatic heterocycles. The molecule has 20 heavy (non-hydrogen) atoms. The lowest BCUT2D eigenvalue weighted by molar-refractivity contribution is 0.656. The van der Waals surface area contributed by atoms with Crippen LogP contribution in [-0.2, 0) is 13.0 Å². The number of nitrogens with zero attached hydrogens (tertiary/aromatic N) is 2. The van der Waals surface area contributed by atoms with Gasteiger partial charge in [-0.3, -0.25) is 4.68 Å². The number of aromatic nitrogens is 2. The van der Waals surface area contributed by atoms with Crippen molar-refractivity contribution in [3.63, 3.8) is 0 Å². The highest BCUT2D eigenvalue weighted by Crippen LogP contribution is 2.18. The largest absolute Gasteiger partial charge is 0.320 e. The third-order valence-corrected chi connectivity index (χ3v) is 3.84. The van der Waals surface area contributed by atoms with Gasteiger partial charge in [0, 0.05) is 10.7 Å². The lowest BCUT2D eigenvalue weighted by Gasteiger charge is -2.06. The van der Waals surface area contributed by atoms with Crippen LogP contribution >= 0.6 is 11.6 Å². The highest BCUT2D eigenvalue weighted by molar-refractivity contribution is 6.30. The molecule has 4 heteroatoms. The van der Waals surface area contributed by atoms with E-state index in [1.807, 2.05) is 25.2 Å². The lowest BCUT2D eigenvalue weighted by Crippen LogP contribution is -2.09. The van der Waals surface area contributed by atoms with Crippen LogP contribution in [0.2, 0.25) is 5.02 Å². The first-order chi connectivity index (χ1) is 9.61. The molecule has 108 valence electrons. The van der Waals surface area contributed by atoms with Crippen LogP contribution in [0.3, 0.4) is 0 Å². The van der Waals surface area contributed by atoms with E-state index in [0.717, 1.165) is 36.6 Å². The van der Waals surface area contributed by atoms with E-state index < -0.39 is 0 Å². The molecule has 0 unspecified atom stereocenters. The number of halogens is 1. The van der Waals surface area contributed by atoms with Crippen molar-refractivity contribution >= 4 is 11.6 Å². The minimum atomic E-state index is 0.776. The van der Waals surface area contributed by atoms with Crippen LogP contribution in [0.25, 0.3) is 0 Å². The zero-order valence-electron chi connectivity index (χ0n) is 12.4. The molecule has 2 rings (SSSR count). The van der Waals surface area contributed by atoms with E-state index in [1.165, 1.54) is 16.8 Å². The first-order valence-corrected chi connectivity index (χ1v) is 7.41. The average Bonchev–Trinajstić information content (AvgIpc) is 2.66. The summed E-state index contributed by atoms with van der Waals surface area (Å²) in [6.07, 6.45) is 2.22. The first-order valence-electron chi connectivity index (χ1n) is 7.03. The quantitative estimate of drug-likeness (QED) is 0.827. The molecule has 1 heterocycles. The molecule has 0 atom stereocenters. The maximum Gasteiger partial charge on any atom is 0.0663 e. The Balaban J connectivity index is 2.15. The van der Waals surface area contributed by atoms with Gasteiger partial charge in [-0.25, -0.2) is 0 Å². The van der Waals surface area contributed by atoms with Crippen molar-refractivity contribution in [3.05, 3.63) is 51.8 Å². The molecule has 0 fully saturated rings. The van der Waals surface area contributed by atoms with Gasteiger partial charge in [0.1, 0.15) is 0 Å². The molecular formula is C16H22ClN3. The van der Waals surface area contributed by atoms with Crippen LogP contribution in [0, 0.1) is 13.8 Å². The molecule has 0 saturated heterocycles. The van der Waals surface area contributed by atoms with E-state index in [4.69, 9.17) is 11.6 Å². The second-order valence-corrected chi connectivity index (χ2v) is 5.58. The summed E-state index contributed by atoms with van der Waals surface area (Å²) in [5, 5.41) is 8.63. The summed E-state index contributed by atoms with van der Waals surface area (Å²) >= 11 is 6.04. The molecule has 0 amide bonds. The summed E-state index contributed by atoms with van der Waals surface area (Å²) in [6.45, 7) is 6.06. The van der Waals surface area contributed by atoms with Crippen LogP contribution < -0.4 is 5.32 Å². The maximum atomic E-state index is 6.04. The van der Waals surface area contributed by atoms with Gasteiger partial charge in [0.2, 0.25) is 0 Å². The number of nitrogens with one attached hydrogen (secondary N) is 1. The topological polar surface area (TPSA) is 29.9 Å². The van der Waals surface area contributed by atoms with Gasteiger partial charge in [-0.05, 0) is 63.5 Å². The Kier molecular flexibility index (Phi) is 5.21. The van der Waals surface area contributed by atoms with E-state index in [9.17, 15) is 0 Å². The van der Waals surface area contributed by atoms with Gasteiger partial charge in [-0.15, -0.1) is 0 Å². The molecule has 0 saturated carbocycles. The minimum absolute atomic E-state index is 0.776. The fraction of sp³-hybridized carbons (Fsp3) is 0.438. The minimum Gasteiger partial charge on any atom is -0.320 e. The number of aryl methyl sites for hydroxylation is 1. The molecule has 2 aromatic rings. The van der Waals surface area contributed by atoms with Gasteiger partial charge in [-0.2, -0.15) is 5.10 Å². The average molecular weight is 292 g/mol. The Morgan fingerprint density at radius 2 is 2.10 bits per heavy atom. The standard InChI is InChI=1S/C16H22ClN3/c1-12-16(8-5-9-18-3)13(2)20(19-12)11-14-6-4-7-15(17)10-14/h4,6-7,10,18H,5,8-9,11H2,1-3H3. The van der Waals surface area contributed by atoms with Crippen molar-refractivity contribution in [2.75, 3.05) is 13.6 Å². The van der Waals surface area contributed by atoms with Crippen molar-refractivity contribution in [1.82, 2.24) is 15.1 Å². The van der Waals surface area contributed by atoms with Gasteiger partial charge >= 0.3 is 0 Å². The van der Waals surface area contributed by atoms with Gasteiger partial charge in [0.05, 0.1) is 12.2 Å². The zero-order valence-corrected chi connectivity index (χ0v) is 13.2. The number of benzene rings is 1. The Morgan fingerprint density at radius 1 is 1.30 bits per heavy atom. The molecule has 0 bridgehead atoms. The Bertz CT molecular complexity index is 575. The van der Waals surface area contributed by atoms with Crippen LogP contribution in [0.5, 0.6) is 0 Å². The summed E-state index contributed by atoms with van der Waals surface area (Å²) in [5.41, 5.74) is 4.96. The smallest absolute Gasteiger partial charge is 0.0663 e. The number of rotatable bonds is 6. The van der Waals surface area contributed by atoms with Crippen LogP contribution in [0.4, 0.5) is 0 Å². The number of hydrogen-bond acceptors (Lipinski definition) is 2. The Morgan fingerprint density at radius 3 is 2.80 bits per heavy atom. The molecule has 0 aliphatic carbocycles. The fourth-order valence-corrected chi connectivity index (χ4v) is 2.71. The Labute approximate surface area is 126 Å². The molecular weight excluding hydrogens is 270 g/mol. The van der Waals surface area contributed by atoms with Crippen LogP contribution in [0.1, 0.15) is 28.9 Å². The second-order valence-electron chi connectivity index (χ2n) is 5.14. The van der Waals surface area contributed by atoms with Crippen molar-refractivity contribution in [1.29, 1.82) is 0 Å². The second kappa shape index (κ2) is 6.91. The van der Waals surface area contributed by atoms with Crippen molar-refractivity contribution in [2.24, 2.45) is 0 Å². The summed E-state index contributed by atoms with van der Waals surface area (Å²) in [7, 11) is 1.99. The van der Waals surface area contributed by atoms with Crippen molar-refractivity contribution in [2.45, 2.75) is 33.2 Å². The summed E-state index contributed by atoms with van der Waals surface area (Å²) < 4.78 is 2.08. The molecule has 0 radical (unpaired) electrons. The van der Waals surface area contributed by atoms with Crippen molar-refractivity contribution in [3.8, 4) is 0 Å². The maximum absolute atomic E-state index is 6.04. The predicted molar refractivity (Wildman–Crippen MR) is 84.5 cm³/mol. The van der Waals surface area contributed by atoms with Crippen LogP contribution in [-0.4, -0.2) is 23.4 Å². The number of hydrogen-bond donors (Lipinski definition) is 1. The van der Waals surface area contributed by atoms with E-state index in [-0.39, 0.29) is 0 Å². The van der Waals surface area contributed by atoms with Gasteiger partial charge in [0.25, 0.3) is 0 Å². The van der Waals surface area contributed by atoms with Gasteiger partial charge < -0.3 is 5.32 Å². The fourth-order valence-electron chi connectivity index (χ4n) is 2.50. The molecule has 1 N–H and O–H groups in total. The molecule has 0 aliphatic heterocycles. The van der Waals surface area contributed by atoms with Gasteiger partial charge in [0.15, 0.2) is 0 Å². The zero-order chi connectivity index (χ0) is 14.5. The van der Waals surface area contributed by atoms with E-state index >= 15 is 0 Å². The van der Waals surface area contributed by atoms with Crippen molar-refractivity contribution < 1.29 is 0 Å². The molecule has 3 nitrogen and oxygen atoms in total. The molecule has 0 aliphatic rings. The lowest BCUT2D eigenvalue weighted by atomic mass is 10.1. The van der Waals surface area contributed by atoms with Crippen LogP contribution in [0.15, 0.2) is 24.3 Å². The third kappa shape index (κ3) is 3.62. The Hall–Kier alpha value is -1.32. The van der Waals surface area contributed by atoms with Gasteiger partial charge in [-0.1, -0.05) is 23.7 Å². The molecule has 1 aromatic carbocycles. The monoisotopic (exact) mass is 291 g/mol. The SMILES string of the molecule is CNCCCc1c(C)nn(Cc2cccc(Cl)c2)c1C. The third-order valence-electron chi connectivity index (χ3n) is 3.61. The van der Waals surface area contributed by atoms with E-state index in [2.05, 4.69) is 35.0 Å². The highest BCUT2D eigenvalue weighted by atomic mass is 35.5. The molecule has 0 spiro atoms. The highest BCUT2D eigenvalue weighted by Gasteiger charge is 2.11. The summed E-state index contributed by atoms with van der Waals surface area (Å²) in [6, 6.07) is 7.97. The predicted octanol–water partition coefficient (Wildman–Crippen LogP) is 3.35. The summed E-state index contributed by atoms with van der Waals surface area (Å²) in [4.78, 5) is 0. The van der Waals surface area contributed by atoms with E-state index in [0.29, 0.717) is 0 Å². The van der Waals surface area contributed by atoms with E-state index in [1.54, 1.807) is 0 Å². The normalized spacial score (nSPS) is 11.0. The summed E-state index contributed by atoms with van der Waals surface area (Å²) in [5.74, 6) is 0.